The zero-order valence-corrected chi connectivity index (χ0v) is 16.7. The molecule has 7 heteroatoms. The number of carbonyl (C=O) groups is 1. The van der Waals surface area contributed by atoms with Crippen molar-refractivity contribution in [2.45, 2.75) is 12.8 Å². The molecule has 27 heavy (non-hydrogen) atoms. The predicted octanol–water partition coefficient (Wildman–Crippen LogP) is 4.00. The zero-order chi connectivity index (χ0) is 19.2. The van der Waals surface area contributed by atoms with Gasteiger partial charge in [-0.05, 0) is 58.2 Å². The van der Waals surface area contributed by atoms with E-state index in [4.69, 9.17) is 9.47 Å². The summed E-state index contributed by atoms with van der Waals surface area (Å²) in [6.45, 7) is 2.53. The van der Waals surface area contributed by atoms with E-state index in [1.54, 1.807) is 19.2 Å². The second-order valence-electron chi connectivity index (χ2n) is 6.28. The van der Waals surface area contributed by atoms with Gasteiger partial charge in [-0.2, -0.15) is 0 Å². The van der Waals surface area contributed by atoms with Crippen molar-refractivity contribution in [1.82, 2.24) is 0 Å². The molecule has 1 heterocycles. The van der Waals surface area contributed by atoms with E-state index >= 15 is 0 Å². The van der Waals surface area contributed by atoms with Crippen molar-refractivity contribution in [1.29, 1.82) is 0 Å². The Morgan fingerprint density at radius 3 is 2.70 bits per heavy atom. The van der Waals surface area contributed by atoms with Gasteiger partial charge in [0.2, 0.25) is 5.91 Å². The van der Waals surface area contributed by atoms with E-state index < -0.39 is 0 Å². The lowest BCUT2D eigenvalue weighted by atomic mass is 10.1. The van der Waals surface area contributed by atoms with Gasteiger partial charge in [0.25, 0.3) is 0 Å². The number of benzene rings is 2. The number of halogens is 2. The molecule has 0 saturated carbocycles. The maximum Gasteiger partial charge on any atom is 0.224 e. The van der Waals surface area contributed by atoms with E-state index in [2.05, 4.69) is 21.2 Å². The smallest absolute Gasteiger partial charge is 0.224 e. The quantitative estimate of drug-likeness (QED) is 0.743. The molecule has 1 N–H and O–H groups in total. The summed E-state index contributed by atoms with van der Waals surface area (Å²) in [5.41, 5.74) is 2.02. The van der Waals surface area contributed by atoms with Crippen molar-refractivity contribution in [3.05, 3.63) is 52.3 Å². The van der Waals surface area contributed by atoms with Gasteiger partial charge in [-0.3, -0.25) is 4.79 Å². The van der Waals surface area contributed by atoms with Gasteiger partial charge in [-0.25, -0.2) is 4.39 Å². The molecule has 2 aromatic rings. The number of hydrogen-bond donors (Lipinski definition) is 1. The monoisotopic (exact) mass is 436 g/mol. The molecule has 5 nitrogen and oxygen atoms in total. The summed E-state index contributed by atoms with van der Waals surface area (Å²) < 4.78 is 25.7. The summed E-state index contributed by atoms with van der Waals surface area (Å²) in [6, 6.07) is 10.5. The highest BCUT2D eigenvalue weighted by Gasteiger charge is 2.15. The van der Waals surface area contributed by atoms with E-state index in [1.165, 1.54) is 6.07 Å². The average Bonchev–Trinajstić information content (AvgIpc) is 2.67. The fraction of sp³-hybridized carbons (Fsp3) is 0.350. The normalized spacial score (nSPS) is 14.1. The van der Waals surface area contributed by atoms with Crippen molar-refractivity contribution in [3.8, 4) is 5.75 Å². The number of nitrogens with one attached hydrogen (secondary N) is 1. The molecule has 1 aliphatic heterocycles. The van der Waals surface area contributed by atoms with Gasteiger partial charge in [0, 0.05) is 25.2 Å². The summed E-state index contributed by atoms with van der Waals surface area (Å²) in [7, 11) is 1.61. The Balaban J connectivity index is 1.56. The molecule has 1 aliphatic rings. The molecule has 0 aromatic heterocycles. The van der Waals surface area contributed by atoms with Crippen LogP contribution in [-0.2, 0) is 16.0 Å². The topological polar surface area (TPSA) is 50.8 Å². The Morgan fingerprint density at radius 1 is 1.26 bits per heavy atom. The standard InChI is InChI=1S/C20H22BrFN2O3/c1-26-19-6-2-14(12-16(19)21)3-7-20(25)23-15-4-5-18(17(22)13-15)24-8-10-27-11-9-24/h2,4-6,12-13H,3,7-11H2,1H3,(H,23,25). The van der Waals surface area contributed by atoms with E-state index in [-0.39, 0.29) is 11.7 Å². The largest absolute Gasteiger partial charge is 0.496 e. The van der Waals surface area contributed by atoms with Gasteiger partial charge in [-0.15, -0.1) is 0 Å². The van der Waals surface area contributed by atoms with Gasteiger partial charge in [0.1, 0.15) is 11.6 Å². The summed E-state index contributed by atoms with van der Waals surface area (Å²) in [5, 5.41) is 2.76. The zero-order valence-electron chi connectivity index (χ0n) is 15.1. The molecule has 0 spiro atoms. The summed E-state index contributed by atoms with van der Waals surface area (Å²) >= 11 is 3.44. The summed E-state index contributed by atoms with van der Waals surface area (Å²) in [4.78, 5) is 14.1. The Bertz CT molecular complexity index is 810. The van der Waals surface area contributed by atoms with E-state index in [1.807, 2.05) is 23.1 Å². The Hall–Kier alpha value is -2.12. The summed E-state index contributed by atoms with van der Waals surface area (Å²) in [5.74, 6) is 0.258. The maximum absolute atomic E-state index is 14.4. The molecule has 2 aromatic carbocycles. The molecule has 0 radical (unpaired) electrons. The number of hydrogen-bond acceptors (Lipinski definition) is 4. The van der Waals surface area contributed by atoms with E-state index in [0.717, 1.165) is 15.8 Å². The van der Waals surface area contributed by atoms with Crippen LogP contribution >= 0.6 is 15.9 Å². The van der Waals surface area contributed by atoms with Crippen LogP contribution in [-0.4, -0.2) is 39.3 Å². The van der Waals surface area contributed by atoms with Crippen molar-refractivity contribution < 1.29 is 18.7 Å². The lowest BCUT2D eigenvalue weighted by Gasteiger charge is -2.29. The Labute approximate surface area is 166 Å². The number of amides is 1. The van der Waals surface area contributed by atoms with E-state index in [9.17, 15) is 9.18 Å². The van der Waals surface area contributed by atoms with Crippen molar-refractivity contribution in [2.24, 2.45) is 0 Å². The highest BCUT2D eigenvalue weighted by molar-refractivity contribution is 9.10. The number of anilines is 2. The second-order valence-corrected chi connectivity index (χ2v) is 7.14. The minimum atomic E-state index is -0.339. The van der Waals surface area contributed by atoms with Crippen LogP contribution < -0.4 is 15.0 Å². The first kappa shape index (κ1) is 19.6. The molecule has 144 valence electrons. The van der Waals surface area contributed by atoms with Gasteiger partial charge < -0.3 is 19.7 Å². The molecule has 0 aliphatic carbocycles. The number of carbonyl (C=O) groups excluding carboxylic acids is 1. The van der Waals surface area contributed by atoms with Gasteiger partial charge >= 0.3 is 0 Å². The van der Waals surface area contributed by atoms with Gasteiger partial charge in [-0.1, -0.05) is 6.07 Å². The predicted molar refractivity (Wildman–Crippen MR) is 107 cm³/mol. The van der Waals surface area contributed by atoms with Crippen molar-refractivity contribution in [3.63, 3.8) is 0 Å². The van der Waals surface area contributed by atoms with Crippen molar-refractivity contribution >= 4 is 33.2 Å². The third-order valence-electron chi connectivity index (χ3n) is 4.44. The molecule has 1 amide bonds. The minimum absolute atomic E-state index is 0.152. The number of aryl methyl sites for hydroxylation is 1. The van der Waals surface area contributed by atoms with Crippen LogP contribution in [0.5, 0.6) is 5.75 Å². The fourth-order valence-corrected chi connectivity index (χ4v) is 3.58. The van der Waals surface area contributed by atoms with Crippen molar-refractivity contribution in [2.75, 3.05) is 43.6 Å². The fourth-order valence-electron chi connectivity index (χ4n) is 2.99. The minimum Gasteiger partial charge on any atom is -0.496 e. The third-order valence-corrected chi connectivity index (χ3v) is 5.06. The molecular weight excluding hydrogens is 415 g/mol. The van der Waals surface area contributed by atoms with Crippen LogP contribution in [0.4, 0.5) is 15.8 Å². The highest BCUT2D eigenvalue weighted by atomic mass is 79.9. The Kier molecular flexibility index (Phi) is 6.68. The molecule has 0 atom stereocenters. The number of rotatable bonds is 6. The molecule has 0 unspecified atom stereocenters. The number of ether oxygens (including phenoxy) is 2. The molecule has 1 fully saturated rings. The average molecular weight is 437 g/mol. The summed E-state index contributed by atoms with van der Waals surface area (Å²) in [6.07, 6.45) is 0.897. The van der Waals surface area contributed by atoms with Crippen LogP contribution in [0.25, 0.3) is 0 Å². The number of nitrogens with zero attached hydrogens (tertiary/aromatic N) is 1. The lowest BCUT2D eigenvalue weighted by molar-refractivity contribution is -0.116. The number of methoxy groups -OCH3 is 1. The van der Waals surface area contributed by atoms with Crippen LogP contribution in [0, 0.1) is 5.82 Å². The maximum atomic E-state index is 14.4. The van der Waals surface area contributed by atoms with Crippen LogP contribution in [0.1, 0.15) is 12.0 Å². The van der Waals surface area contributed by atoms with E-state index in [0.29, 0.717) is 50.5 Å². The Morgan fingerprint density at radius 2 is 2.04 bits per heavy atom. The van der Waals surface area contributed by atoms with Gasteiger partial charge in [0.05, 0.1) is 30.5 Å². The van der Waals surface area contributed by atoms with Gasteiger partial charge in [0.15, 0.2) is 0 Å². The van der Waals surface area contributed by atoms with Crippen LogP contribution in [0.2, 0.25) is 0 Å². The van der Waals surface area contributed by atoms with Crippen LogP contribution in [0.3, 0.4) is 0 Å². The lowest BCUT2D eigenvalue weighted by Crippen LogP contribution is -2.36. The highest BCUT2D eigenvalue weighted by Crippen LogP contribution is 2.26. The second kappa shape index (κ2) is 9.19. The molecule has 0 bridgehead atoms. The first-order valence-electron chi connectivity index (χ1n) is 8.81. The first-order valence-corrected chi connectivity index (χ1v) is 9.60. The number of morpholine rings is 1. The third kappa shape index (κ3) is 5.20. The van der Waals surface area contributed by atoms with Crippen LogP contribution in [0.15, 0.2) is 40.9 Å². The SMILES string of the molecule is COc1ccc(CCC(=O)Nc2ccc(N3CCOCC3)c(F)c2)cc1Br. The molecular formula is C20H22BrFN2O3. The first-order chi connectivity index (χ1) is 13.1. The molecule has 3 rings (SSSR count). The molecule has 1 saturated heterocycles.